The Balaban J connectivity index is 1.19. The van der Waals surface area contributed by atoms with Crippen LogP contribution >= 0.6 is 0 Å². The van der Waals surface area contributed by atoms with Crippen molar-refractivity contribution in [3.05, 3.63) is 126 Å². The molecule has 286 valence electrons. The van der Waals surface area contributed by atoms with Gasteiger partial charge in [-0.05, 0) is 71.8 Å². The van der Waals surface area contributed by atoms with Crippen LogP contribution in [0, 0.1) is 5.92 Å². The molecule has 4 aliphatic heterocycles. The maximum Gasteiger partial charge on any atom is 0.264 e. The third kappa shape index (κ3) is 5.44. The highest BCUT2D eigenvalue weighted by Gasteiger charge is 2.66. The molecule has 5 atom stereocenters. The van der Waals surface area contributed by atoms with Gasteiger partial charge in [-0.1, -0.05) is 91.9 Å². The Kier molecular flexibility index (Phi) is 8.91. The van der Waals surface area contributed by atoms with Crippen molar-refractivity contribution >= 4 is 58.8 Å². The number of anilines is 3. The second kappa shape index (κ2) is 13.7. The van der Waals surface area contributed by atoms with Gasteiger partial charge in [0.1, 0.15) is 5.75 Å². The van der Waals surface area contributed by atoms with Crippen molar-refractivity contribution in [3.63, 3.8) is 0 Å². The summed E-state index contributed by atoms with van der Waals surface area (Å²) in [4.78, 5) is 49.4. The number of methoxy groups -OCH3 is 1. The first-order valence-corrected chi connectivity index (χ1v) is 22.8. The van der Waals surface area contributed by atoms with Crippen molar-refractivity contribution < 1.29 is 29.0 Å². The molecule has 5 aromatic rings. The molecule has 56 heavy (non-hydrogen) atoms. The molecular formula is C46H47N3O6Si. The summed E-state index contributed by atoms with van der Waals surface area (Å²) in [5, 5.41) is 13.2. The molecule has 9 rings (SSSR count). The number of carbonyl (C=O) groups excluding carboxylic acids is 3. The van der Waals surface area contributed by atoms with E-state index in [1.165, 1.54) is 5.19 Å². The smallest absolute Gasteiger partial charge is 0.264 e. The Bertz CT molecular complexity index is 2360. The maximum absolute atomic E-state index is 15.5. The van der Waals surface area contributed by atoms with Gasteiger partial charge in [0.05, 0.1) is 63.8 Å². The van der Waals surface area contributed by atoms with Crippen LogP contribution in [0.4, 0.5) is 17.1 Å². The highest BCUT2D eigenvalue weighted by atomic mass is 28.3. The summed E-state index contributed by atoms with van der Waals surface area (Å²) in [5.74, 6) is 0.0887. The van der Waals surface area contributed by atoms with Gasteiger partial charge in [-0.3, -0.25) is 19.3 Å². The third-order valence-electron chi connectivity index (χ3n) is 13.1. The van der Waals surface area contributed by atoms with E-state index in [2.05, 4.69) is 32.2 Å². The average Bonchev–Trinajstić information content (AvgIpc) is 3.95. The molecule has 1 spiro atoms. The molecule has 0 aromatic heterocycles. The largest absolute Gasteiger partial charge is 0.497 e. The number of hydrogen-bond donors (Lipinski definition) is 1. The van der Waals surface area contributed by atoms with Crippen LogP contribution in [0.25, 0.3) is 10.8 Å². The fraction of sp³-hybridized carbons (Fsp3) is 0.326. The Morgan fingerprint density at radius 1 is 0.929 bits per heavy atom. The minimum atomic E-state index is -2.54. The van der Waals surface area contributed by atoms with E-state index in [-0.39, 0.29) is 48.3 Å². The quantitative estimate of drug-likeness (QED) is 0.159. The van der Waals surface area contributed by atoms with E-state index in [1.807, 2.05) is 102 Å². The number of rotatable bonds is 9. The van der Waals surface area contributed by atoms with Crippen LogP contribution in [0.2, 0.25) is 18.6 Å². The molecule has 1 N–H and O–H groups in total. The van der Waals surface area contributed by atoms with Crippen LogP contribution in [0.15, 0.2) is 109 Å². The monoisotopic (exact) mass is 765 g/mol. The van der Waals surface area contributed by atoms with Crippen LogP contribution < -0.4 is 19.7 Å². The first-order chi connectivity index (χ1) is 27.1. The van der Waals surface area contributed by atoms with Gasteiger partial charge in [-0.2, -0.15) is 0 Å². The number of ether oxygens (including phenoxy) is 2. The van der Waals surface area contributed by atoms with Gasteiger partial charge in [-0.15, -0.1) is 0 Å². The Labute approximate surface area is 328 Å². The second-order valence-electron chi connectivity index (χ2n) is 16.3. The van der Waals surface area contributed by atoms with E-state index >= 15 is 4.79 Å². The summed E-state index contributed by atoms with van der Waals surface area (Å²) in [7, 11) is -0.888. The summed E-state index contributed by atoms with van der Waals surface area (Å²) in [6.07, 6.45) is 1.13. The van der Waals surface area contributed by atoms with Gasteiger partial charge in [0.15, 0.2) is 5.60 Å². The van der Waals surface area contributed by atoms with E-state index < -0.39 is 19.8 Å². The lowest BCUT2D eigenvalue weighted by Crippen LogP contribution is -2.52. The summed E-state index contributed by atoms with van der Waals surface area (Å²) in [6.45, 7) is 7.59. The number of fused-ring (bicyclic) bond motifs is 2. The minimum Gasteiger partial charge on any atom is -0.497 e. The lowest BCUT2D eigenvalue weighted by molar-refractivity contribution is -0.150. The van der Waals surface area contributed by atoms with Gasteiger partial charge in [0, 0.05) is 29.1 Å². The topological polar surface area (TPSA) is 99.6 Å². The predicted molar refractivity (Wildman–Crippen MR) is 221 cm³/mol. The summed E-state index contributed by atoms with van der Waals surface area (Å²) >= 11 is 0. The van der Waals surface area contributed by atoms with E-state index in [1.54, 1.807) is 16.9 Å². The molecule has 2 saturated heterocycles. The molecule has 0 aliphatic carbocycles. The standard InChI is InChI=1S/C46H47N3O6Si/c1-29-43(56(3,4)35-21-19-34(54-2)20-22-35)40(26-41(51)47-24-10-15-33(47)28-50)55-46(29)37-25-32(18-23-38(37)48(45(46)53)27-30-11-6-5-7-12-30)49-39-17-9-14-31-13-8-16-36(42(31)39)44(49)52/h5-9,11-14,16-23,25,29,33,40,43,50H,10,15,24,26-28H2,1-4H3/t29-,33-,40+,43-,46+/m0/s1. The molecule has 9 nitrogen and oxygen atoms in total. The highest BCUT2D eigenvalue weighted by Crippen LogP contribution is 2.61. The predicted octanol–water partition coefficient (Wildman–Crippen LogP) is 7.28. The average molecular weight is 766 g/mol. The Morgan fingerprint density at radius 3 is 2.41 bits per heavy atom. The summed E-state index contributed by atoms with van der Waals surface area (Å²) < 4.78 is 12.9. The number of aliphatic hydroxyl groups excluding tert-OH is 1. The molecule has 4 heterocycles. The second-order valence-corrected chi connectivity index (χ2v) is 21.0. The van der Waals surface area contributed by atoms with E-state index in [0.29, 0.717) is 29.9 Å². The maximum atomic E-state index is 15.5. The molecule has 0 bridgehead atoms. The van der Waals surface area contributed by atoms with E-state index in [0.717, 1.165) is 46.3 Å². The number of carbonyl (C=O) groups is 3. The van der Waals surface area contributed by atoms with Crippen molar-refractivity contribution in [2.75, 3.05) is 30.1 Å². The zero-order chi connectivity index (χ0) is 38.9. The lowest BCUT2D eigenvalue weighted by atomic mass is 9.82. The molecule has 0 unspecified atom stereocenters. The normalized spacial score (nSPS) is 24.2. The zero-order valence-corrected chi connectivity index (χ0v) is 33.3. The number of nitrogens with zero attached hydrogens (tertiary/aromatic N) is 3. The van der Waals surface area contributed by atoms with E-state index in [9.17, 15) is 14.7 Å². The molecular weight excluding hydrogens is 719 g/mol. The SMILES string of the molecule is COc1ccc([Si](C)(C)[C@@H]2[C@@H](CC(=O)N3CCC[C@H]3CO)O[C@]3(C(=O)N(Cc4ccccc4)c4ccc(N5C(=O)c6cccc7cccc5c67)cc43)[C@H]2C)cc1. The molecule has 10 heteroatoms. The Hall–Kier alpha value is -5.29. The molecule has 0 saturated carbocycles. The fourth-order valence-electron chi connectivity index (χ4n) is 10.4. The van der Waals surface area contributed by atoms with Crippen molar-refractivity contribution in [2.45, 2.75) is 69.1 Å². The van der Waals surface area contributed by atoms with Crippen molar-refractivity contribution in [1.29, 1.82) is 0 Å². The van der Waals surface area contributed by atoms with Crippen LogP contribution in [0.3, 0.4) is 0 Å². The van der Waals surface area contributed by atoms with Crippen LogP contribution in [0.1, 0.15) is 47.7 Å². The minimum absolute atomic E-state index is 0.0607. The van der Waals surface area contributed by atoms with E-state index in [4.69, 9.17) is 9.47 Å². The highest BCUT2D eigenvalue weighted by molar-refractivity contribution is 6.91. The molecule has 0 radical (unpaired) electrons. The number of aliphatic hydroxyl groups is 1. The third-order valence-corrected chi connectivity index (χ3v) is 17.5. The van der Waals surface area contributed by atoms with Crippen LogP contribution in [-0.2, 0) is 26.5 Å². The van der Waals surface area contributed by atoms with Crippen molar-refractivity contribution in [3.8, 4) is 5.75 Å². The number of amides is 3. The number of hydrogen-bond acceptors (Lipinski definition) is 6. The summed E-state index contributed by atoms with van der Waals surface area (Å²) in [5.41, 5.74) is 2.98. The zero-order valence-electron chi connectivity index (χ0n) is 32.3. The molecule has 3 amide bonds. The van der Waals surface area contributed by atoms with Crippen molar-refractivity contribution in [2.24, 2.45) is 5.92 Å². The van der Waals surface area contributed by atoms with Crippen LogP contribution in [0.5, 0.6) is 5.75 Å². The van der Waals surface area contributed by atoms with Gasteiger partial charge in [-0.25, -0.2) is 0 Å². The number of benzene rings is 5. The first kappa shape index (κ1) is 36.4. The van der Waals surface area contributed by atoms with Gasteiger partial charge in [0.2, 0.25) is 5.91 Å². The van der Waals surface area contributed by atoms with Gasteiger partial charge in [0.25, 0.3) is 11.8 Å². The molecule has 4 aliphatic rings. The Morgan fingerprint density at radius 2 is 1.68 bits per heavy atom. The van der Waals surface area contributed by atoms with Gasteiger partial charge < -0.3 is 24.4 Å². The molecule has 2 fully saturated rings. The fourth-order valence-corrected chi connectivity index (χ4v) is 14.4. The van der Waals surface area contributed by atoms with Gasteiger partial charge >= 0.3 is 0 Å². The summed E-state index contributed by atoms with van der Waals surface area (Å²) in [6, 6.07) is 35.6. The lowest BCUT2D eigenvalue weighted by Gasteiger charge is -2.37. The number of likely N-dealkylation sites (tertiary alicyclic amines) is 1. The first-order valence-electron chi connectivity index (χ1n) is 19.7. The van der Waals surface area contributed by atoms with Crippen molar-refractivity contribution in [1.82, 2.24) is 4.90 Å². The van der Waals surface area contributed by atoms with Crippen LogP contribution in [-0.4, -0.2) is 68.2 Å². The molecule has 5 aromatic carbocycles.